The smallest absolute Gasteiger partial charge is 0.395 e. The monoisotopic (exact) mass is 552 g/mol. The van der Waals surface area contributed by atoms with Crippen molar-refractivity contribution in [1.29, 1.82) is 0 Å². The molecule has 1 heterocycles. The second kappa shape index (κ2) is 12.1. The quantitative estimate of drug-likeness (QED) is 0.0821. The molecule has 0 bridgehead atoms. The minimum Gasteiger partial charge on any atom is -0.395 e. The summed E-state index contributed by atoms with van der Waals surface area (Å²) in [7, 11) is 0. The maximum Gasteiger partial charge on any atom is 0.519 e. The van der Waals surface area contributed by atoms with E-state index in [1.54, 1.807) is 36.4 Å². The zero-order chi connectivity index (χ0) is 27.1. The summed E-state index contributed by atoms with van der Waals surface area (Å²) in [4.78, 5) is 42.3. The van der Waals surface area contributed by atoms with Gasteiger partial charge in [-0.05, 0) is 48.4 Å². The van der Waals surface area contributed by atoms with Crippen LogP contribution in [0.3, 0.4) is 0 Å². The van der Waals surface area contributed by atoms with E-state index in [-0.39, 0.29) is 23.0 Å². The Morgan fingerprint density at radius 1 is 0.974 bits per heavy atom. The molecule has 3 aromatic carbocycles. The fourth-order valence-corrected chi connectivity index (χ4v) is 3.88. The first-order valence-electron chi connectivity index (χ1n) is 11.1. The van der Waals surface area contributed by atoms with Crippen LogP contribution in [0.15, 0.2) is 72.8 Å². The third kappa shape index (κ3) is 7.02. The maximum absolute atomic E-state index is 12.2. The van der Waals surface area contributed by atoms with Crippen molar-refractivity contribution in [3.05, 3.63) is 104 Å². The number of aromatic nitrogens is 2. The van der Waals surface area contributed by atoms with Crippen LogP contribution in [-0.2, 0) is 6.42 Å². The number of rotatable bonds is 9. The Balaban J connectivity index is 1.44. The van der Waals surface area contributed by atoms with Crippen molar-refractivity contribution in [2.45, 2.75) is 6.42 Å². The molecular formula is C26H18Cl2N4O6. The molecule has 4 aromatic rings. The van der Waals surface area contributed by atoms with Crippen molar-refractivity contribution in [2.75, 3.05) is 11.9 Å². The SMILES string of the molecule is O=Cc1nc(NCCc2ccc(Cl)cc2Cl)cc(-c2cccc(OC(=O)Oc3ccc([N+](=O)[O-])cc3)c2)n1. The fraction of sp³-hybridized carbons (Fsp3) is 0.0769. The molecule has 0 aliphatic carbocycles. The van der Waals surface area contributed by atoms with E-state index >= 15 is 0 Å². The maximum atomic E-state index is 12.2. The van der Waals surface area contributed by atoms with Crippen molar-refractivity contribution < 1.29 is 24.0 Å². The van der Waals surface area contributed by atoms with Crippen LogP contribution in [0.2, 0.25) is 10.0 Å². The lowest BCUT2D eigenvalue weighted by atomic mass is 10.1. The van der Waals surface area contributed by atoms with E-state index in [1.165, 1.54) is 30.3 Å². The predicted octanol–water partition coefficient (Wildman–Crippen LogP) is 6.40. The number of carbonyl (C=O) groups excluding carboxylic acids is 2. The molecule has 0 unspecified atom stereocenters. The topological polar surface area (TPSA) is 134 Å². The Morgan fingerprint density at radius 2 is 1.74 bits per heavy atom. The summed E-state index contributed by atoms with van der Waals surface area (Å²) in [6.45, 7) is 0.480. The molecule has 192 valence electrons. The van der Waals surface area contributed by atoms with Crippen LogP contribution in [0.1, 0.15) is 16.2 Å². The number of halogens is 2. The summed E-state index contributed by atoms with van der Waals surface area (Å²) in [6.07, 6.45) is 0.0917. The van der Waals surface area contributed by atoms with Gasteiger partial charge >= 0.3 is 6.16 Å². The highest BCUT2D eigenvalue weighted by molar-refractivity contribution is 6.35. The van der Waals surface area contributed by atoms with E-state index in [0.717, 1.165) is 5.56 Å². The van der Waals surface area contributed by atoms with Crippen molar-refractivity contribution in [3.8, 4) is 22.8 Å². The molecule has 0 atom stereocenters. The molecule has 1 N–H and O–H groups in total. The molecule has 0 aliphatic rings. The van der Waals surface area contributed by atoms with E-state index in [4.69, 9.17) is 32.7 Å². The summed E-state index contributed by atoms with van der Waals surface area (Å²) in [6, 6.07) is 18.4. The number of anilines is 1. The van der Waals surface area contributed by atoms with Gasteiger partial charge in [-0.15, -0.1) is 0 Å². The molecule has 0 aliphatic heterocycles. The van der Waals surface area contributed by atoms with Gasteiger partial charge in [-0.3, -0.25) is 14.9 Å². The first kappa shape index (κ1) is 26.5. The van der Waals surface area contributed by atoms with Crippen molar-refractivity contribution in [2.24, 2.45) is 0 Å². The summed E-state index contributed by atoms with van der Waals surface area (Å²) in [5.74, 6) is 0.635. The number of nitrogens with zero attached hydrogens (tertiary/aromatic N) is 3. The Labute approximate surface area is 226 Å². The van der Waals surface area contributed by atoms with Gasteiger partial charge in [0, 0.05) is 40.4 Å². The van der Waals surface area contributed by atoms with E-state index in [9.17, 15) is 19.7 Å². The molecule has 0 saturated carbocycles. The third-order valence-electron chi connectivity index (χ3n) is 5.14. The second-order valence-corrected chi connectivity index (χ2v) is 8.60. The van der Waals surface area contributed by atoms with Crippen LogP contribution in [0.25, 0.3) is 11.3 Å². The van der Waals surface area contributed by atoms with Crippen LogP contribution in [-0.4, -0.2) is 33.9 Å². The number of nitro benzene ring substituents is 1. The molecule has 4 rings (SSSR count). The molecule has 0 spiro atoms. The van der Waals surface area contributed by atoms with Crippen molar-refractivity contribution >= 4 is 47.1 Å². The predicted molar refractivity (Wildman–Crippen MR) is 141 cm³/mol. The average Bonchev–Trinajstić information content (AvgIpc) is 2.90. The average molecular weight is 553 g/mol. The molecule has 0 fully saturated rings. The number of carbonyl (C=O) groups is 2. The second-order valence-electron chi connectivity index (χ2n) is 7.76. The van der Waals surface area contributed by atoms with E-state index in [2.05, 4.69) is 15.3 Å². The molecule has 0 saturated heterocycles. The molecule has 0 amide bonds. The van der Waals surface area contributed by atoms with Crippen molar-refractivity contribution in [1.82, 2.24) is 9.97 Å². The van der Waals surface area contributed by atoms with Gasteiger partial charge in [0.25, 0.3) is 5.69 Å². The number of hydrogen-bond donors (Lipinski definition) is 1. The third-order valence-corrected chi connectivity index (χ3v) is 5.73. The standard InChI is InChI=1S/C26H18Cl2N4O6/c27-18-5-4-16(22(28)13-18)10-11-29-24-14-23(30-25(15-33)31-24)17-2-1-3-21(12-17)38-26(34)37-20-8-6-19(7-9-20)32(35)36/h1-9,12-15H,10-11H2,(H,29,30,31). The molecule has 1 aromatic heterocycles. The molecule has 38 heavy (non-hydrogen) atoms. The van der Waals surface area contributed by atoms with Gasteiger partial charge in [-0.1, -0.05) is 41.4 Å². The molecule has 0 radical (unpaired) electrons. The van der Waals surface area contributed by atoms with Crippen LogP contribution in [0, 0.1) is 10.1 Å². The number of non-ortho nitro benzene ring substituents is 1. The highest BCUT2D eigenvalue weighted by Crippen LogP contribution is 2.26. The Kier molecular flexibility index (Phi) is 8.47. The lowest BCUT2D eigenvalue weighted by Crippen LogP contribution is -2.13. The number of nitro groups is 1. The highest BCUT2D eigenvalue weighted by Gasteiger charge is 2.13. The van der Waals surface area contributed by atoms with Gasteiger partial charge in [-0.25, -0.2) is 14.8 Å². The fourth-order valence-electron chi connectivity index (χ4n) is 3.37. The zero-order valence-corrected chi connectivity index (χ0v) is 21.0. The van der Waals surface area contributed by atoms with Crippen LogP contribution in [0.4, 0.5) is 16.3 Å². The Bertz CT molecular complexity index is 1500. The molecule has 10 nitrogen and oxygen atoms in total. The normalized spacial score (nSPS) is 10.5. The number of benzene rings is 3. The summed E-state index contributed by atoms with van der Waals surface area (Å²) < 4.78 is 10.3. The first-order chi connectivity index (χ1) is 18.3. The lowest BCUT2D eigenvalue weighted by molar-refractivity contribution is -0.384. The summed E-state index contributed by atoms with van der Waals surface area (Å²) >= 11 is 12.2. The van der Waals surface area contributed by atoms with Gasteiger partial charge < -0.3 is 14.8 Å². The number of hydrogen-bond acceptors (Lipinski definition) is 9. The summed E-state index contributed by atoms with van der Waals surface area (Å²) in [5, 5.41) is 15.0. The first-order valence-corrected chi connectivity index (χ1v) is 11.8. The molecule has 12 heteroatoms. The van der Waals surface area contributed by atoms with Gasteiger partial charge in [-0.2, -0.15) is 0 Å². The molecular weight excluding hydrogens is 535 g/mol. The van der Waals surface area contributed by atoms with Crippen molar-refractivity contribution in [3.63, 3.8) is 0 Å². The highest BCUT2D eigenvalue weighted by atomic mass is 35.5. The van der Waals surface area contributed by atoms with Crippen LogP contribution >= 0.6 is 23.2 Å². The number of ether oxygens (including phenoxy) is 2. The zero-order valence-electron chi connectivity index (χ0n) is 19.5. The number of nitrogens with one attached hydrogen (secondary N) is 1. The lowest BCUT2D eigenvalue weighted by Gasteiger charge is -2.10. The van der Waals surface area contributed by atoms with E-state index < -0.39 is 11.1 Å². The van der Waals surface area contributed by atoms with E-state index in [1.807, 2.05) is 6.07 Å². The largest absolute Gasteiger partial charge is 0.519 e. The van der Waals surface area contributed by atoms with Gasteiger partial charge in [0.1, 0.15) is 17.3 Å². The van der Waals surface area contributed by atoms with Gasteiger partial charge in [0.2, 0.25) is 0 Å². The number of aldehydes is 1. The minimum atomic E-state index is -1.03. The van der Waals surface area contributed by atoms with Crippen LogP contribution < -0.4 is 14.8 Å². The minimum absolute atomic E-state index is 0.0292. The Morgan fingerprint density at radius 3 is 2.45 bits per heavy atom. The van der Waals surface area contributed by atoms with E-state index in [0.29, 0.717) is 46.4 Å². The van der Waals surface area contributed by atoms with Crippen LogP contribution in [0.5, 0.6) is 11.5 Å². The van der Waals surface area contributed by atoms with Gasteiger partial charge in [0.05, 0.1) is 10.6 Å². The van der Waals surface area contributed by atoms with Gasteiger partial charge in [0.15, 0.2) is 12.1 Å². The Hall–Kier alpha value is -4.54. The summed E-state index contributed by atoms with van der Waals surface area (Å²) in [5.41, 5.74) is 1.74.